The topological polar surface area (TPSA) is 77.3 Å². The van der Waals surface area contributed by atoms with Gasteiger partial charge in [0.05, 0.1) is 22.2 Å². The number of nitro benzene ring substituents is 1. The van der Waals surface area contributed by atoms with Crippen LogP contribution in [0.3, 0.4) is 0 Å². The first-order valence-electron chi connectivity index (χ1n) is 6.12. The Morgan fingerprint density at radius 3 is 2.90 bits per heavy atom. The van der Waals surface area contributed by atoms with E-state index in [2.05, 4.69) is 10.3 Å². The van der Waals surface area contributed by atoms with Crippen molar-refractivity contribution >= 4 is 38.1 Å². The first-order chi connectivity index (χ1) is 10.2. The Morgan fingerprint density at radius 2 is 2.14 bits per heavy atom. The first kappa shape index (κ1) is 13.3. The minimum absolute atomic E-state index is 0.0442. The summed E-state index contributed by atoms with van der Waals surface area (Å²) in [5, 5.41) is 14.5. The van der Waals surface area contributed by atoms with Gasteiger partial charge < -0.3 is 10.1 Å². The molecule has 0 amide bonds. The molecule has 1 aromatic heterocycles. The standard InChI is InChI=1S/C14H11N3O3S/c1-20-11-5-6-13-12(8-11)16-14(21-13)15-9-3-2-4-10(7-9)17(18)19/h2-8H,1H3,(H,15,16). The second kappa shape index (κ2) is 5.37. The molecule has 0 unspecified atom stereocenters. The van der Waals surface area contributed by atoms with Gasteiger partial charge in [-0.25, -0.2) is 4.98 Å². The highest BCUT2D eigenvalue weighted by molar-refractivity contribution is 7.22. The molecule has 106 valence electrons. The lowest BCUT2D eigenvalue weighted by Crippen LogP contribution is -1.92. The van der Waals surface area contributed by atoms with Crippen molar-refractivity contribution in [2.24, 2.45) is 0 Å². The summed E-state index contributed by atoms with van der Waals surface area (Å²) in [6.07, 6.45) is 0. The molecule has 0 radical (unpaired) electrons. The van der Waals surface area contributed by atoms with Crippen LogP contribution in [0, 0.1) is 10.1 Å². The van der Waals surface area contributed by atoms with Crippen LogP contribution in [-0.2, 0) is 0 Å². The molecule has 0 aliphatic heterocycles. The average molecular weight is 301 g/mol. The smallest absolute Gasteiger partial charge is 0.271 e. The van der Waals surface area contributed by atoms with E-state index in [0.29, 0.717) is 10.8 Å². The van der Waals surface area contributed by atoms with Crippen molar-refractivity contribution in [3.8, 4) is 5.75 Å². The van der Waals surface area contributed by atoms with Gasteiger partial charge in [0.2, 0.25) is 0 Å². The van der Waals surface area contributed by atoms with E-state index in [0.717, 1.165) is 16.0 Å². The van der Waals surface area contributed by atoms with E-state index < -0.39 is 4.92 Å². The minimum Gasteiger partial charge on any atom is -0.497 e. The molecule has 1 heterocycles. The summed E-state index contributed by atoms with van der Waals surface area (Å²) in [7, 11) is 1.61. The van der Waals surface area contributed by atoms with Crippen molar-refractivity contribution in [3.63, 3.8) is 0 Å². The summed E-state index contributed by atoms with van der Waals surface area (Å²) >= 11 is 1.48. The number of anilines is 2. The second-order valence-corrected chi connectivity index (χ2v) is 5.32. The Bertz CT molecular complexity index is 816. The van der Waals surface area contributed by atoms with Gasteiger partial charge in [0, 0.05) is 23.9 Å². The monoisotopic (exact) mass is 301 g/mol. The lowest BCUT2D eigenvalue weighted by Gasteiger charge is -2.01. The van der Waals surface area contributed by atoms with Crippen molar-refractivity contribution in [1.82, 2.24) is 4.98 Å². The molecule has 2 aromatic carbocycles. The van der Waals surface area contributed by atoms with Gasteiger partial charge in [-0.1, -0.05) is 17.4 Å². The molecule has 3 rings (SSSR count). The van der Waals surface area contributed by atoms with Gasteiger partial charge in [-0.2, -0.15) is 0 Å². The Kier molecular flexibility index (Phi) is 3.41. The number of non-ortho nitro benzene ring substituents is 1. The zero-order chi connectivity index (χ0) is 14.8. The van der Waals surface area contributed by atoms with Crippen LogP contribution in [-0.4, -0.2) is 17.0 Å². The third-order valence-corrected chi connectivity index (χ3v) is 3.85. The highest BCUT2D eigenvalue weighted by Crippen LogP contribution is 2.31. The van der Waals surface area contributed by atoms with Crippen LogP contribution in [0.4, 0.5) is 16.5 Å². The molecule has 0 fully saturated rings. The molecule has 3 aromatic rings. The zero-order valence-electron chi connectivity index (χ0n) is 11.1. The summed E-state index contributed by atoms with van der Waals surface area (Å²) in [5.74, 6) is 0.745. The first-order valence-corrected chi connectivity index (χ1v) is 6.93. The quantitative estimate of drug-likeness (QED) is 0.583. The van der Waals surface area contributed by atoms with Crippen LogP contribution in [0.5, 0.6) is 5.75 Å². The number of aromatic nitrogens is 1. The van der Waals surface area contributed by atoms with Crippen molar-refractivity contribution in [2.45, 2.75) is 0 Å². The molecule has 1 N–H and O–H groups in total. The minimum atomic E-state index is -0.422. The molecule has 0 atom stereocenters. The number of benzene rings is 2. The molecular weight excluding hydrogens is 290 g/mol. The molecular formula is C14H11N3O3S. The van der Waals surface area contributed by atoms with E-state index in [1.54, 1.807) is 19.2 Å². The molecule has 0 spiro atoms. The zero-order valence-corrected chi connectivity index (χ0v) is 11.9. The molecule has 0 bridgehead atoms. The molecule has 6 nitrogen and oxygen atoms in total. The number of thiazole rings is 1. The van der Waals surface area contributed by atoms with Crippen molar-refractivity contribution in [1.29, 1.82) is 0 Å². The number of nitrogens with zero attached hydrogens (tertiary/aromatic N) is 2. The maximum Gasteiger partial charge on any atom is 0.271 e. The molecule has 0 saturated heterocycles. The van der Waals surface area contributed by atoms with Crippen LogP contribution < -0.4 is 10.1 Å². The van der Waals surface area contributed by atoms with Crippen molar-refractivity contribution in [3.05, 3.63) is 52.6 Å². The Labute approximate surface area is 124 Å². The van der Waals surface area contributed by atoms with Crippen LogP contribution in [0.15, 0.2) is 42.5 Å². The van der Waals surface area contributed by atoms with Gasteiger partial charge in [0.1, 0.15) is 5.75 Å². The third-order valence-electron chi connectivity index (χ3n) is 2.90. The Hall–Kier alpha value is -2.67. The van der Waals surface area contributed by atoms with Crippen LogP contribution in [0.25, 0.3) is 10.2 Å². The predicted octanol–water partition coefficient (Wildman–Crippen LogP) is 3.96. The summed E-state index contributed by atoms with van der Waals surface area (Å²) in [6.45, 7) is 0. The maximum absolute atomic E-state index is 10.8. The molecule has 0 saturated carbocycles. The third kappa shape index (κ3) is 2.77. The van der Waals surface area contributed by atoms with Gasteiger partial charge in [-0.3, -0.25) is 10.1 Å². The average Bonchev–Trinajstić information content (AvgIpc) is 2.88. The van der Waals surface area contributed by atoms with Crippen molar-refractivity contribution < 1.29 is 9.66 Å². The number of hydrogen-bond donors (Lipinski definition) is 1. The lowest BCUT2D eigenvalue weighted by atomic mass is 10.3. The van der Waals surface area contributed by atoms with Crippen LogP contribution in [0.1, 0.15) is 0 Å². The maximum atomic E-state index is 10.8. The van der Waals surface area contributed by atoms with Gasteiger partial charge in [0.25, 0.3) is 5.69 Å². The van der Waals surface area contributed by atoms with Crippen molar-refractivity contribution in [2.75, 3.05) is 12.4 Å². The Balaban J connectivity index is 1.91. The fourth-order valence-electron chi connectivity index (χ4n) is 1.91. The van der Waals surface area contributed by atoms with E-state index in [-0.39, 0.29) is 5.69 Å². The van der Waals surface area contributed by atoms with E-state index in [9.17, 15) is 10.1 Å². The normalized spacial score (nSPS) is 10.5. The van der Waals surface area contributed by atoms with E-state index in [4.69, 9.17) is 4.74 Å². The largest absolute Gasteiger partial charge is 0.497 e. The van der Waals surface area contributed by atoms with Gasteiger partial charge in [0.15, 0.2) is 5.13 Å². The van der Waals surface area contributed by atoms with Crippen LogP contribution >= 0.6 is 11.3 Å². The fraction of sp³-hybridized carbons (Fsp3) is 0.0714. The highest BCUT2D eigenvalue weighted by Gasteiger charge is 2.08. The van der Waals surface area contributed by atoms with E-state index in [1.807, 2.05) is 18.2 Å². The second-order valence-electron chi connectivity index (χ2n) is 4.29. The number of nitrogens with one attached hydrogen (secondary N) is 1. The van der Waals surface area contributed by atoms with Gasteiger partial charge >= 0.3 is 0 Å². The van der Waals surface area contributed by atoms with Gasteiger partial charge in [-0.15, -0.1) is 0 Å². The number of methoxy groups -OCH3 is 1. The number of rotatable bonds is 4. The van der Waals surface area contributed by atoms with Crippen LogP contribution in [0.2, 0.25) is 0 Å². The SMILES string of the molecule is COc1ccc2sc(Nc3cccc([N+](=O)[O-])c3)nc2c1. The lowest BCUT2D eigenvalue weighted by molar-refractivity contribution is -0.384. The number of nitro groups is 1. The molecule has 0 aliphatic rings. The Morgan fingerprint density at radius 1 is 1.29 bits per heavy atom. The summed E-state index contributed by atoms with van der Waals surface area (Å²) in [4.78, 5) is 14.8. The van der Waals surface area contributed by atoms with E-state index in [1.165, 1.54) is 23.5 Å². The number of fused-ring (bicyclic) bond motifs is 1. The summed E-state index contributed by atoms with van der Waals surface area (Å²) in [6, 6.07) is 12.0. The highest BCUT2D eigenvalue weighted by atomic mass is 32.1. The summed E-state index contributed by atoms with van der Waals surface area (Å²) < 4.78 is 6.18. The predicted molar refractivity (Wildman–Crippen MR) is 82.6 cm³/mol. The molecule has 21 heavy (non-hydrogen) atoms. The fourth-order valence-corrected chi connectivity index (χ4v) is 2.77. The van der Waals surface area contributed by atoms with E-state index >= 15 is 0 Å². The van der Waals surface area contributed by atoms with Gasteiger partial charge in [-0.05, 0) is 18.2 Å². The molecule has 7 heteroatoms. The number of hydrogen-bond acceptors (Lipinski definition) is 6. The summed E-state index contributed by atoms with van der Waals surface area (Å²) in [5.41, 5.74) is 1.50. The number of ether oxygens (including phenoxy) is 1. The molecule has 0 aliphatic carbocycles.